The van der Waals surface area contributed by atoms with E-state index in [4.69, 9.17) is 10.2 Å². The average molecular weight is 316 g/mol. The van der Waals surface area contributed by atoms with Crippen molar-refractivity contribution in [2.45, 2.75) is 19.0 Å². The molecule has 1 aromatic rings. The first-order valence-electron chi connectivity index (χ1n) is 6.45. The second kappa shape index (κ2) is 7.36. The van der Waals surface area contributed by atoms with Crippen molar-refractivity contribution in [3.8, 4) is 0 Å². The number of hydrogen-bond donors (Lipinski definition) is 2. The first kappa shape index (κ1) is 17.4. The predicted molar refractivity (Wildman–Crippen MR) is 76.5 cm³/mol. The van der Waals surface area contributed by atoms with Crippen molar-refractivity contribution in [3.05, 3.63) is 35.6 Å². The van der Waals surface area contributed by atoms with Gasteiger partial charge in [0.25, 0.3) is 0 Å². The Morgan fingerprint density at radius 1 is 1.29 bits per heavy atom. The molecule has 0 heterocycles. The van der Waals surface area contributed by atoms with Gasteiger partial charge in [-0.05, 0) is 24.7 Å². The maximum atomic E-state index is 13.6. The second-order valence-electron chi connectivity index (χ2n) is 5.20. The molecule has 0 amide bonds. The van der Waals surface area contributed by atoms with E-state index in [0.717, 1.165) is 0 Å². The van der Waals surface area contributed by atoms with Gasteiger partial charge in [0, 0.05) is 18.7 Å². The summed E-state index contributed by atoms with van der Waals surface area (Å²) in [5, 5.41) is 17.7. The van der Waals surface area contributed by atoms with E-state index in [1.165, 1.54) is 24.9 Å². The van der Waals surface area contributed by atoms with Crippen molar-refractivity contribution in [1.82, 2.24) is 0 Å². The summed E-state index contributed by atoms with van der Waals surface area (Å²) in [5.74, 6) is -3.74. The van der Waals surface area contributed by atoms with Gasteiger partial charge >= 0.3 is 11.9 Å². The standard InChI is InChI=1S/C14H18FO5P/c1-21(20,8-10-4-2-3-5-12(10)15)9-11(14(18)19)6-7-13(16)17/h2-5,11H,6-9H2,1H3,(H,16,17)(H,18,19). The Bertz CT molecular complexity index is 572. The number of hydrogen-bond acceptors (Lipinski definition) is 3. The van der Waals surface area contributed by atoms with Crippen LogP contribution in [0.15, 0.2) is 24.3 Å². The van der Waals surface area contributed by atoms with E-state index < -0.39 is 30.8 Å². The molecule has 1 aromatic carbocycles. The van der Waals surface area contributed by atoms with E-state index >= 15 is 0 Å². The highest BCUT2D eigenvalue weighted by Gasteiger charge is 2.28. The van der Waals surface area contributed by atoms with Crippen LogP contribution in [0, 0.1) is 11.7 Å². The molecule has 0 saturated heterocycles. The lowest BCUT2D eigenvalue weighted by atomic mass is 10.1. The monoisotopic (exact) mass is 316 g/mol. The lowest BCUT2D eigenvalue weighted by molar-refractivity contribution is -0.142. The minimum atomic E-state index is -2.93. The predicted octanol–water partition coefficient (Wildman–Crippen LogP) is 2.88. The highest BCUT2D eigenvalue weighted by Crippen LogP contribution is 2.47. The first-order chi connectivity index (χ1) is 9.71. The molecule has 2 atom stereocenters. The van der Waals surface area contributed by atoms with Crippen LogP contribution in [-0.2, 0) is 20.3 Å². The molecule has 2 unspecified atom stereocenters. The molecule has 21 heavy (non-hydrogen) atoms. The van der Waals surface area contributed by atoms with Crippen LogP contribution in [0.5, 0.6) is 0 Å². The highest BCUT2D eigenvalue weighted by atomic mass is 31.2. The fourth-order valence-corrected chi connectivity index (χ4v) is 4.49. The van der Waals surface area contributed by atoms with Crippen LogP contribution in [0.2, 0.25) is 0 Å². The van der Waals surface area contributed by atoms with Crippen LogP contribution < -0.4 is 0 Å². The Labute approximate surface area is 122 Å². The van der Waals surface area contributed by atoms with Gasteiger partial charge in [0.05, 0.1) is 13.1 Å². The third-order valence-corrected chi connectivity index (χ3v) is 5.35. The molecule has 0 bridgehead atoms. The SMILES string of the molecule is CP(=O)(Cc1ccccc1F)CC(CCC(=O)O)C(=O)O. The molecular weight excluding hydrogens is 298 g/mol. The molecule has 0 aliphatic rings. The fourth-order valence-electron chi connectivity index (χ4n) is 2.11. The summed E-state index contributed by atoms with van der Waals surface area (Å²) in [5.41, 5.74) is 0.283. The average Bonchev–Trinajstić information content (AvgIpc) is 2.36. The van der Waals surface area contributed by atoms with Gasteiger partial charge < -0.3 is 14.8 Å². The third kappa shape index (κ3) is 6.08. The minimum Gasteiger partial charge on any atom is -0.481 e. The lowest BCUT2D eigenvalue weighted by Crippen LogP contribution is -2.19. The Morgan fingerprint density at radius 3 is 2.43 bits per heavy atom. The number of benzene rings is 1. The summed E-state index contributed by atoms with van der Waals surface area (Å²) >= 11 is 0. The molecule has 0 aliphatic carbocycles. The van der Waals surface area contributed by atoms with Crippen molar-refractivity contribution < 1.29 is 28.8 Å². The molecule has 0 saturated carbocycles. The minimum absolute atomic E-state index is 0.0312. The normalized spacial score (nSPS) is 15.1. The zero-order chi connectivity index (χ0) is 16.0. The quantitative estimate of drug-likeness (QED) is 0.720. The van der Waals surface area contributed by atoms with Crippen LogP contribution in [0.3, 0.4) is 0 Å². The van der Waals surface area contributed by atoms with Crippen LogP contribution in [0.4, 0.5) is 4.39 Å². The van der Waals surface area contributed by atoms with Crippen LogP contribution in [0.25, 0.3) is 0 Å². The van der Waals surface area contributed by atoms with Gasteiger partial charge in [-0.2, -0.15) is 0 Å². The van der Waals surface area contributed by atoms with E-state index in [9.17, 15) is 18.5 Å². The molecule has 0 fully saturated rings. The van der Waals surface area contributed by atoms with Gasteiger partial charge in [0.15, 0.2) is 0 Å². The molecule has 7 heteroatoms. The number of rotatable bonds is 8. The van der Waals surface area contributed by atoms with Crippen molar-refractivity contribution in [2.75, 3.05) is 12.8 Å². The van der Waals surface area contributed by atoms with Gasteiger partial charge in [-0.3, -0.25) is 9.59 Å². The van der Waals surface area contributed by atoms with Gasteiger partial charge in [-0.15, -0.1) is 0 Å². The first-order valence-corrected chi connectivity index (χ1v) is 8.97. The topological polar surface area (TPSA) is 91.7 Å². The van der Waals surface area contributed by atoms with Crippen molar-refractivity contribution in [1.29, 1.82) is 0 Å². The molecule has 0 aliphatic heterocycles. The smallest absolute Gasteiger partial charge is 0.306 e. The zero-order valence-electron chi connectivity index (χ0n) is 11.7. The van der Waals surface area contributed by atoms with E-state index in [0.29, 0.717) is 0 Å². The van der Waals surface area contributed by atoms with Crippen LogP contribution in [0.1, 0.15) is 18.4 Å². The summed E-state index contributed by atoms with van der Waals surface area (Å²) in [6.07, 6.45) is -0.545. The van der Waals surface area contributed by atoms with Crippen LogP contribution in [-0.4, -0.2) is 35.0 Å². The maximum Gasteiger partial charge on any atom is 0.306 e. The maximum absolute atomic E-state index is 13.6. The van der Waals surface area contributed by atoms with E-state index in [-0.39, 0.29) is 30.7 Å². The van der Waals surface area contributed by atoms with Crippen molar-refractivity contribution in [3.63, 3.8) is 0 Å². The molecule has 1 rings (SSSR count). The van der Waals surface area contributed by atoms with E-state index in [1.54, 1.807) is 6.07 Å². The molecule has 116 valence electrons. The number of halogens is 1. The fraction of sp³-hybridized carbons (Fsp3) is 0.429. The van der Waals surface area contributed by atoms with Crippen LogP contribution >= 0.6 is 7.14 Å². The Kier molecular flexibility index (Phi) is 6.09. The molecular formula is C14H18FO5P. The number of carbonyl (C=O) groups is 2. The van der Waals surface area contributed by atoms with Gasteiger partial charge in [0.1, 0.15) is 5.82 Å². The number of carboxylic acids is 2. The van der Waals surface area contributed by atoms with Crippen molar-refractivity contribution in [2.24, 2.45) is 5.92 Å². The van der Waals surface area contributed by atoms with E-state index in [1.807, 2.05) is 0 Å². The molecule has 2 N–H and O–H groups in total. The highest BCUT2D eigenvalue weighted by molar-refractivity contribution is 7.62. The van der Waals surface area contributed by atoms with Gasteiger partial charge in [-0.1, -0.05) is 18.2 Å². The Morgan fingerprint density at radius 2 is 1.90 bits per heavy atom. The summed E-state index contributed by atoms with van der Waals surface area (Å²) in [6, 6.07) is 5.91. The summed E-state index contributed by atoms with van der Waals surface area (Å²) in [7, 11) is -2.93. The van der Waals surface area contributed by atoms with Gasteiger partial charge in [-0.25, -0.2) is 4.39 Å². The van der Waals surface area contributed by atoms with E-state index in [2.05, 4.69) is 0 Å². The summed E-state index contributed by atoms with van der Waals surface area (Å²) in [6.45, 7) is 1.43. The molecule has 0 spiro atoms. The molecule has 0 radical (unpaired) electrons. The third-order valence-electron chi connectivity index (χ3n) is 3.13. The summed E-state index contributed by atoms with van der Waals surface area (Å²) in [4.78, 5) is 21.6. The molecule has 5 nitrogen and oxygen atoms in total. The lowest BCUT2D eigenvalue weighted by Gasteiger charge is -2.18. The Balaban J connectivity index is 2.76. The van der Waals surface area contributed by atoms with Gasteiger partial charge in [0.2, 0.25) is 0 Å². The summed E-state index contributed by atoms with van der Waals surface area (Å²) < 4.78 is 26.1. The zero-order valence-corrected chi connectivity index (χ0v) is 12.6. The Hall–Kier alpha value is -1.68. The second-order valence-corrected chi connectivity index (χ2v) is 8.47. The van der Waals surface area contributed by atoms with Crippen molar-refractivity contribution >= 4 is 19.1 Å². The number of aliphatic carboxylic acids is 2. The number of carboxylic acid groups (broad SMARTS) is 2. The molecule has 0 aromatic heterocycles. The largest absolute Gasteiger partial charge is 0.481 e.